The molecule has 2 aromatic carbocycles. The van der Waals surface area contributed by atoms with Gasteiger partial charge in [-0.25, -0.2) is 0 Å². The largest absolute Gasteiger partial charge is 0.370 e. The number of guanidine groups is 1. The van der Waals surface area contributed by atoms with Gasteiger partial charge in [-0.15, -0.1) is 0 Å². The number of hydrogen-bond donors (Lipinski definition) is 6. The van der Waals surface area contributed by atoms with Crippen molar-refractivity contribution in [2.75, 3.05) is 12.4 Å². The van der Waals surface area contributed by atoms with Crippen LogP contribution in [-0.2, 0) is 12.4 Å². The molecule has 0 spiro atoms. The molecule has 0 saturated heterocycles. The van der Waals surface area contributed by atoms with Gasteiger partial charge in [0.2, 0.25) is 0 Å². The molecular formula is C19H22AsN5O6. The average Bonchev–Trinajstić information content (AvgIpc) is 3.18. The Morgan fingerprint density at radius 1 is 1.16 bits per heavy atom. The third-order valence-corrected chi connectivity index (χ3v) is 6.32. The van der Waals surface area contributed by atoms with Crippen LogP contribution in [0.1, 0.15) is 17.4 Å². The standard InChI is InChI=1S/C11H12N4O.C8H10AsNO5/c1-13-11(12)15-10(16)9-6-7-4-2-3-5-8(7)14-9;1-6(11)10-8-4-2-7(3-5-8)9(12,13)15-14/h2-6,14H,1H3,(H3,12,13,15,16);2-5,14H,1H3,(H,10,11)(H,12,13). The number of aromatic amines is 1. The number of benzene rings is 2. The molecule has 1 unspecified atom stereocenters. The summed E-state index contributed by atoms with van der Waals surface area (Å²) in [7, 11) is 1.61. The predicted octanol–water partition coefficient (Wildman–Crippen LogP) is 0.546. The molecule has 0 bridgehead atoms. The summed E-state index contributed by atoms with van der Waals surface area (Å²) in [5.41, 5.74) is 7.25. The second-order valence-electron chi connectivity index (χ2n) is 6.15. The molecular weight excluding hydrogens is 469 g/mol. The van der Waals surface area contributed by atoms with Gasteiger partial charge < -0.3 is 16.0 Å². The molecule has 1 heterocycles. The van der Waals surface area contributed by atoms with Crippen LogP contribution in [0.4, 0.5) is 5.69 Å². The Labute approximate surface area is 180 Å². The summed E-state index contributed by atoms with van der Waals surface area (Å²) < 4.78 is 23.8. The summed E-state index contributed by atoms with van der Waals surface area (Å²) in [6.07, 6.45) is 0. The number of amides is 2. The van der Waals surface area contributed by atoms with Crippen molar-refractivity contribution < 1.29 is 26.6 Å². The third kappa shape index (κ3) is 6.83. The fourth-order valence-electron chi connectivity index (χ4n) is 2.40. The van der Waals surface area contributed by atoms with Gasteiger partial charge in [-0.2, -0.15) is 4.99 Å². The Morgan fingerprint density at radius 2 is 1.81 bits per heavy atom. The maximum atomic E-state index is 11.6. The predicted molar refractivity (Wildman–Crippen MR) is 116 cm³/mol. The van der Waals surface area contributed by atoms with Gasteiger partial charge in [0.15, 0.2) is 5.96 Å². The molecule has 12 heteroatoms. The monoisotopic (exact) mass is 491 g/mol. The topological polar surface area (TPSA) is 179 Å². The summed E-state index contributed by atoms with van der Waals surface area (Å²) in [5.74, 6) is -0.523. The SMILES string of the molecule is CC(=O)Nc1ccc([As](=O)(O)OO)cc1.CNC(N)=NC(=O)c1cc2ccccc2[nH]1. The van der Waals surface area contributed by atoms with E-state index in [1.807, 2.05) is 24.3 Å². The van der Waals surface area contributed by atoms with Gasteiger partial charge in [0, 0.05) is 18.0 Å². The number of para-hydroxylation sites is 1. The molecule has 7 N–H and O–H groups in total. The Morgan fingerprint density at radius 3 is 2.35 bits per heavy atom. The Kier molecular flexibility index (Phi) is 8.17. The van der Waals surface area contributed by atoms with Gasteiger partial charge in [0.05, 0.1) is 0 Å². The number of aromatic nitrogens is 1. The van der Waals surface area contributed by atoms with E-state index in [0.717, 1.165) is 10.9 Å². The molecule has 1 atom stereocenters. The van der Waals surface area contributed by atoms with Crippen LogP contribution in [0.5, 0.6) is 0 Å². The van der Waals surface area contributed by atoms with Crippen LogP contribution < -0.4 is 20.7 Å². The summed E-state index contributed by atoms with van der Waals surface area (Å²) in [5, 5.41) is 14.3. The van der Waals surface area contributed by atoms with Crippen molar-refractivity contribution in [3.8, 4) is 0 Å². The number of rotatable bonds is 4. The van der Waals surface area contributed by atoms with Crippen LogP contribution in [0.25, 0.3) is 10.9 Å². The van der Waals surface area contributed by atoms with Gasteiger partial charge in [-0.1, -0.05) is 18.2 Å². The third-order valence-electron chi connectivity index (χ3n) is 3.86. The number of carbonyl (C=O) groups excluding carboxylic acids is 2. The number of nitrogens with two attached hydrogens (primary N) is 1. The molecule has 0 saturated carbocycles. The van der Waals surface area contributed by atoms with E-state index in [2.05, 4.69) is 24.5 Å². The van der Waals surface area contributed by atoms with E-state index in [-0.39, 0.29) is 22.1 Å². The molecule has 0 radical (unpaired) electrons. The van der Waals surface area contributed by atoms with Gasteiger partial charge in [0.1, 0.15) is 5.69 Å². The summed E-state index contributed by atoms with van der Waals surface area (Å²) >= 11 is -4.76. The van der Waals surface area contributed by atoms with Gasteiger partial charge in [-0.3, -0.25) is 4.79 Å². The first-order chi connectivity index (χ1) is 14.7. The van der Waals surface area contributed by atoms with Crippen molar-refractivity contribution in [3.63, 3.8) is 0 Å². The number of fused-ring (bicyclic) bond motifs is 1. The average molecular weight is 491 g/mol. The number of carbonyl (C=O) groups is 2. The maximum Gasteiger partial charge on any atom is 0.296 e. The Bertz CT molecular complexity index is 1110. The fraction of sp³-hybridized carbons (Fsp3) is 0.105. The summed E-state index contributed by atoms with van der Waals surface area (Å²) in [6, 6.07) is 14.9. The van der Waals surface area contributed by atoms with Crippen molar-refractivity contribution in [1.82, 2.24) is 10.3 Å². The van der Waals surface area contributed by atoms with E-state index in [4.69, 9.17) is 15.1 Å². The minimum Gasteiger partial charge on any atom is -0.370 e. The zero-order chi connectivity index (χ0) is 23.0. The molecule has 11 nitrogen and oxygen atoms in total. The van der Waals surface area contributed by atoms with Crippen LogP contribution >= 0.6 is 0 Å². The normalized spacial score (nSPS) is 13.0. The Hall–Kier alpha value is -3.37. The minimum absolute atomic E-state index is 0.00438. The minimum atomic E-state index is -4.76. The quantitative estimate of drug-likeness (QED) is 0.101. The molecule has 0 aliphatic heterocycles. The van der Waals surface area contributed by atoms with E-state index in [1.165, 1.54) is 31.2 Å². The summed E-state index contributed by atoms with van der Waals surface area (Å²) in [6.45, 7) is 1.35. The molecule has 0 fully saturated rings. The molecule has 2 amide bonds. The van der Waals surface area contributed by atoms with Gasteiger partial charge in [-0.05, 0) is 12.1 Å². The molecule has 3 rings (SSSR count). The van der Waals surface area contributed by atoms with Crippen LogP contribution in [0, 0.1) is 0 Å². The zero-order valence-electron chi connectivity index (χ0n) is 16.7. The first kappa shape index (κ1) is 23.9. The van der Waals surface area contributed by atoms with Crippen molar-refractivity contribution in [2.45, 2.75) is 6.92 Å². The van der Waals surface area contributed by atoms with Crippen LogP contribution in [0.2, 0.25) is 0 Å². The molecule has 164 valence electrons. The van der Waals surface area contributed by atoms with E-state index in [1.54, 1.807) is 13.1 Å². The van der Waals surface area contributed by atoms with E-state index in [0.29, 0.717) is 11.4 Å². The number of hydrogen-bond acceptors (Lipinski definition) is 5. The fourth-order valence-corrected chi connectivity index (χ4v) is 3.70. The molecule has 0 aliphatic rings. The van der Waals surface area contributed by atoms with E-state index < -0.39 is 14.2 Å². The Balaban J connectivity index is 0.000000221. The maximum absolute atomic E-state index is 11.6. The molecule has 3 aromatic rings. The number of aliphatic imine (C=N–C) groups is 1. The second-order valence-corrected chi connectivity index (χ2v) is 9.76. The van der Waals surface area contributed by atoms with E-state index in [9.17, 15) is 13.3 Å². The molecule has 31 heavy (non-hydrogen) atoms. The van der Waals surface area contributed by atoms with Crippen LogP contribution in [0.15, 0.2) is 59.6 Å². The molecule has 0 aliphatic carbocycles. The number of nitrogens with one attached hydrogen (secondary N) is 3. The van der Waals surface area contributed by atoms with Crippen LogP contribution in [0.3, 0.4) is 0 Å². The molecule has 1 aromatic heterocycles. The number of anilines is 1. The van der Waals surface area contributed by atoms with Crippen molar-refractivity contribution >= 4 is 52.9 Å². The number of H-pyrrole nitrogens is 1. The van der Waals surface area contributed by atoms with E-state index >= 15 is 0 Å². The van der Waals surface area contributed by atoms with Gasteiger partial charge in [0.25, 0.3) is 5.91 Å². The second kappa shape index (κ2) is 10.6. The van der Waals surface area contributed by atoms with Crippen molar-refractivity contribution in [1.29, 1.82) is 0 Å². The number of nitrogens with zero attached hydrogens (tertiary/aromatic N) is 1. The first-order valence-electron chi connectivity index (χ1n) is 8.84. The van der Waals surface area contributed by atoms with Crippen LogP contribution in [-0.4, -0.2) is 53.3 Å². The van der Waals surface area contributed by atoms with Crippen molar-refractivity contribution in [2.24, 2.45) is 10.7 Å². The first-order valence-corrected chi connectivity index (χ1v) is 12.2. The van der Waals surface area contributed by atoms with Gasteiger partial charge >= 0.3 is 88.4 Å². The zero-order valence-corrected chi connectivity index (χ0v) is 18.6. The van der Waals surface area contributed by atoms with Crippen molar-refractivity contribution in [3.05, 3.63) is 60.3 Å². The summed E-state index contributed by atoms with van der Waals surface area (Å²) in [4.78, 5) is 29.0. The smallest absolute Gasteiger partial charge is 0.296 e.